The Morgan fingerprint density at radius 3 is 2.62 bits per heavy atom. The molecule has 2 aromatic carbocycles. The number of benzene rings is 2. The molecule has 1 amide bonds. The fourth-order valence-electron chi connectivity index (χ4n) is 2.45. The number of para-hydroxylation sites is 3. The lowest BCUT2D eigenvalue weighted by Gasteiger charge is -2.10. The van der Waals surface area contributed by atoms with Crippen molar-refractivity contribution < 1.29 is 28.3 Å². The summed E-state index contributed by atoms with van der Waals surface area (Å²) in [6.07, 6.45) is 2.47. The largest absolute Gasteiger partial charge is 0.462 e. The summed E-state index contributed by atoms with van der Waals surface area (Å²) in [6.45, 7) is 1.38. The Kier molecular flexibility index (Phi) is 6.36. The zero-order chi connectivity index (χ0) is 20.6. The minimum absolute atomic E-state index is 0.213. The van der Waals surface area contributed by atoms with Gasteiger partial charge in [-0.2, -0.15) is 0 Å². The van der Waals surface area contributed by atoms with E-state index >= 15 is 0 Å². The Morgan fingerprint density at radius 2 is 1.83 bits per heavy atom. The maximum Gasteiger partial charge on any atom is 0.340 e. The summed E-state index contributed by atoms with van der Waals surface area (Å²) in [5.74, 6) is -1.64. The van der Waals surface area contributed by atoms with Crippen LogP contribution in [0.4, 0.5) is 5.69 Å². The lowest BCUT2D eigenvalue weighted by molar-refractivity contribution is -0.142. The van der Waals surface area contributed by atoms with Crippen LogP contribution < -0.4 is 5.32 Å². The molecule has 3 aromatic rings. The predicted octanol–water partition coefficient (Wildman–Crippen LogP) is 3.20. The fraction of sp³-hybridized carbons (Fsp3) is 0.143. The minimum Gasteiger partial charge on any atom is -0.462 e. The van der Waals surface area contributed by atoms with E-state index in [1.165, 1.54) is 12.1 Å². The second-order valence-electron chi connectivity index (χ2n) is 5.78. The van der Waals surface area contributed by atoms with Crippen LogP contribution >= 0.6 is 0 Å². The molecule has 0 bridgehead atoms. The number of oxazole rings is 1. The molecule has 148 valence electrons. The van der Waals surface area contributed by atoms with Crippen LogP contribution in [-0.4, -0.2) is 36.0 Å². The number of amides is 1. The fourth-order valence-corrected chi connectivity index (χ4v) is 2.45. The molecule has 8 heteroatoms. The van der Waals surface area contributed by atoms with Gasteiger partial charge in [0.1, 0.15) is 5.52 Å². The van der Waals surface area contributed by atoms with Gasteiger partial charge in [0.15, 0.2) is 12.2 Å². The van der Waals surface area contributed by atoms with Crippen LogP contribution in [0.3, 0.4) is 0 Å². The predicted molar refractivity (Wildman–Crippen MR) is 105 cm³/mol. The first-order valence-electron chi connectivity index (χ1n) is 8.83. The highest BCUT2D eigenvalue weighted by Crippen LogP contribution is 2.17. The first kappa shape index (κ1) is 19.8. The van der Waals surface area contributed by atoms with Gasteiger partial charge in [-0.25, -0.2) is 14.6 Å². The van der Waals surface area contributed by atoms with Crippen LogP contribution in [0, 0.1) is 0 Å². The van der Waals surface area contributed by atoms with Gasteiger partial charge in [0.2, 0.25) is 5.89 Å². The maximum atomic E-state index is 12.0. The summed E-state index contributed by atoms with van der Waals surface area (Å²) < 4.78 is 15.3. The molecule has 0 aliphatic rings. The number of nitrogens with one attached hydrogen (secondary N) is 1. The molecular weight excluding hydrogens is 376 g/mol. The van der Waals surface area contributed by atoms with Gasteiger partial charge in [-0.05, 0) is 31.2 Å². The molecule has 0 saturated carbocycles. The highest BCUT2D eigenvalue weighted by molar-refractivity contribution is 6.02. The normalized spacial score (nSPS) is 10.8. The van der Waals surface area contributed by atoms with Gasteiger partial charge in [-0.3, -0.25) is 4.79 Å². The Hall–Kier alpha value is -3.94. The number of carbonyl (C=O) groups excluding carboxylic acids is 3. The second-order valence-corrected chi connectivity index (χ2v) is 5.78. The van der Waals surface area contributed by atoms with Crippen LogP contribution in [0.1, 0.15) is 23.2 Å². The Balaban J connectivity index is 1.54. The first-order chi connectivity index (χ1) is 14.1. The van der Waals surface area contributed by atoms with Gasteiger partial charge in [0.05, 0.1) is 17.9 Å². The molecule has 0 unspecified atom stereocenters. The average molecular weight is 394 g/mol. The molecule has 1 aromatic heterocycles. The number of carbonyl (C=O) groups is 3. The third-order valence-corrected chi connectivity index (χ3v) is 3.71. The molecule has 1 N–H and O–H groups in total. The monoisotopic (exact) mass is 394 g/mol. The molecule has 8 nitrogen and oxygen atoms in total. The second kappa shape index (κ2) is 9.32. The summed E-state index contributed by atoms with van der Waals surface area (Å²) in [7, 11) is 0. The van der Waals surface area contributed by atoms with E-state index in [4.69, 9.17) is 13.9 Å². The molecule has 0 atom stereocenters. The van der Waals surface area contributed by atoms with E-state index in [2.05, 4.69) is 10.3 Å². The molecule has 0 radical (unpaired) electrons. The van der Waals surface area contributed by atoms with Crippen molar-refractivity contribution in [3.05, 3.63) is 66.1 Å². The van der Waals surface area contributed by atoms with E-state index in [0.29, 0.717) is 11.1 Å². The smallest absolute Gasteiger partial charge is 0.340 e. The van der Waals surface area contributed by atoms with Crippen molar-refractivity contribution in [3.63, 3.8) is 0 Å². The number of esters is 2. The number of aromatic nitrogens is 1. The van der Waals surface area contributed by atoms with Crippen LogP contribution in [0.2, 0.25) is 0 Å². The zero-order valence-corrected chi connectivity index (χ0v) is 15.6. The Morgan fingerprint density at radius 1 is 1.07 bits per heavy atom. The first-order valence-corrected chi connectivity index (χ1v) is 8.83. The van der Waals surface area contributed by atoms with E-state index < -0.39 is 24.5 Å². The van der Waals surface area contributed by atoms with Gasteiger partial charge in [0.25, 0.3) is 5.91 Å². The topological polar surface area (TPSA) is 108 Å². The highest BCUT2D eigenvalue weighted by Gasteiger charge is 2.14. The van der Waals surface area contributed by atoms with Gasteiger partial charge in [-0.15, -0.1) is 0 Å². The summed E-state index contributed by atoms with van der Waals surface area (Å²) in [6, 6.07) is 13.6. The number of anilines is 1. The molecule has 0 saturated heterocycles. The lowest BCUT2D eigenvalue weighted by Crippen LogP contribution is -2.21. The zero-order valence-electron chi connectivity index (χ0n) is 15.6. The standard InChI is InChI=1S/C21H18N2O6/c1-2-27-21(26)14-7-3-4-8-15(14)22-18(24)13-28-20(25)12-11-19-23-16-9-5-6-10-17(16)29-19/h3-12H,2,13H2,1H3,(H,22,24)/b12-11+. The van der Waals surface area contributed by atoms with Crippen molar-refractivity contribution in [2.75, 3.05) is 18.5 Å². The Bertz CT molecular complexity index is 1040. The average Bonchev–Trinajstić information content (AvgIpc) is 3.14. The Labute approximate surface area is 166 Å². The third kappa shape index (κ3) is 5.29. The van der Waals surface area contributed by atoms with Crippen molar-refractivity contribution in [1.29, 1.82) is 0 Å². The molecule has 0 spiro atoms. The number of nitrogens with zero attached hydrogens (tertiary/aromatic N) is 1. The molecule has 0 aliphatic heterocycles. The van der Waals surface area contributed by atoms with Crippen LogP contribution in [-0.2, 0) is 19.1 Å². The van der Waals surface area contributed by atoms with E-state index in [1.54, 1.807) is 37.3 Å². The van der Waals surface area contributed by atoms with E-state index in [-0.39, 0.29) is 23.7 Å². The summed E-state index contributed by atoms with van der Waals surface area (Å²) in [4.78, 5) is 40.0. The van der Waals surface area contributed by atoms with Crippen molar-refractivity contribution in [2.24, 2.45) is 0 Å². The molecule has 0 fully saturated rings. The van der Waals surface area contributed by atoms with Gasteiger partial charge in [0, 0.05) is 12.2 Å². The van der Waals surface area contributed by atoms with Gasteiger partial charge in [-0.1, -0.05) is 24.3 Å². The minimum atomic E-state index is -0.735. The van der Waals surface area contributed by atoms with Crippen LogP contribution in [0.25, 0.3) is 17.2 Å². The number of rotatable bonds is 7. The third-order valence-electron chi connectivity index (χ3n) is 3.71. The van der Waals surface area contributed by atoms with Crippen LogP contribution in [0.5, 0.6) is 0 Å². The van der Waals surface area contributed by atoms with Crippen molar-refractivity contribution in [1.82, 2.24) is 4.98 Å². The van der Waals surface area contributed by atoms with Crippen molar-refractivity contribution >= 4 is 40.7 Å². The number of hydrogen-bond acceptors (Lipinski definition) is 7. The van der Waals surface area contributed by atoms with Gasteiger partial charge < -0.3 is 19.2 Å². The lowest BCUT2D eigenvalue weighted by atomic mass is 10.2. The van der Waals surface area contributed by atoms with E-state index in [0.717, 1.165) is 6.08 Å². The molecule has 0 aliphatic carbocycles. The number of fused-ring (bicyclic) bond motifs is 1. The quantitative estimate of drug-likeness (QED) is 0.484. The highest BCUT2D eigenvalue weighted by atomic mass is 16.5. The number of hydrogen-bond donors (Lipinski definition) is 1. The maximum absolute atomic E-state index is 12.0. The molecule has 1 heterocycles. The summed E-state index contributed by atoms with van der Waals surface area (Å²) in [5, 5.41) is 2.52. The molecule has 3 rings (SSSR count). The van der Waals surface area contributed by atoms with E-state index in [1.807, 2.05) is 12.1 Å². The van der Waals surface area contributed by atoms with Crippen molar-refractivity contribution in [3.8, 4) is 0 Å². The summed E-state index contributed by atoms with van der Waals surface area (Å²) in [5.41, 5.74) is 1.75. The van der Waals surface area contributed by atoms with Crippen LogP contribution in [0.15, 0.2) is 59.0 Å². The summed E-state index contributed by atoms with van der Waals surface area (Å²) >= 11 is 0. The molecular formula is C21H18N2O6. The molecule has 29 heavy (non-hydrogen) atoms. The van der Waals surface area contributed by atoms with E-state index in [9.17, 15) is 14.4 Å². The SMILES string of the molecule is CCOC(=O)c1ccccc1NC(=O)COC(=O)/C=C/c1nc2ccccc2o1. The number of ether oxygens (including phenoxy) is 2. The van der Waals surface area contributed by atoms with Crippen molar-refractivity contribution in [2.45, 2.75) is 6.92 Å². The van der Waals surface area contributed by atoms with Gasteiger partial charge >= 0.3 is 11.9 Å².